The molecule has 0 saturated heterocycles. The minimum Gasteiger partial charge on any atom is -0.483 e. The van der Waals surface area contributed by atoms with Crippen molar-refractivity contribution in [3.63, 3.8) is 0 Å². The summed E-state index contributed by atoms with van der Waals surface area (Å²) in [7, 11) is 0. The SMILES string of the molecule is Cc1c(-c2ccc(CS)cc2)sc2c1CC(C)(C)CC2.O=CO. The molecule has 4 heteroatoms. The average molecular weight is 349 g/mol. The van der Waals surface area contributed by atoms with Gasteiger partial charge in [0, 0.05) is 15.5 Å². The lowest BCUT2D eigenvalue weighted by molar-refractivity contribution is -0.122. The quantitative estimate of drug-likeness (QED) is 0.565. The predicted octanol–water partition coefficient (Wildman–Crippen LogP) is 5.37. The van der Waals surface area contributed by atoms with Crippen LogP contribution in [0.5, 0.6) is 0 Å². The molecule has 1 aromatic heterocycles. The third-order valence-corrected chi connectivity index (χ3v) is 6.25. The molecule has 3 rings (SSSR count). The lowest BCUT2D eigenvalue weighted by Crippen LogP contribution is -2.21. The highest BCUT2D eigenvalue weighted by atomic mass is 32.1. The summed E-state index contributed by atoms with van der Waals surface area (Å²) >= 11 is 6.34. The van der Waals surface area contributed by atoms with Crippen molar-refractivity contribution in [1.82, 2.24) is 0 Å². The minimum absolute atomic E-state index is 0.250. The maximum Gasteiger partial charge on any atom is 0.290 e. The van der Waals surface area contributed by atoms with Gasteiger partial charge in [-0.1, -0.05) is 38.1 Å². The minimum atomic E-state index is -0.250. The molecule has 0 unspecified atom stereocenters. The smallest absolute Gasteiger partial charge is 0.290 e. The third kappa shape index (κ3) is 4.18. The van der Waals surface area contributed by atoms with E-state index >= 15 is 0 Å². The highest BCUT2D eigenvalue weighted by Gasteiger charge is 2.29. The van der Waals surface area contributed by atoms with Crippen LogP contribution in [0.25, 0.3) is 10.4 Å². The Kier molecular flexibility index (Phi) is 5.93. The zero-order valence-corrected chi connectivity index (χ0v) is 15.6. The van der Waals surface area contributed by atoms with Crippen LogP contribution >= 0.6 is 24.0 Å². The van der Waals surface area contributed by atoms with Crippen molar-refractivity contribution in [2.75, 3.05) is 0 Å². The van der Waals surface area contributed by atoms with Crippen molar-refractivity contribution in [1.29, 1.82) is 0 Å². The number of hydrogen-bond donors (Lipinski definition) is 2. The molecular weight excluding hydrogens is 324 g/mol. The van der Waals surface area contributed by atoms with Gasteiger partial charge in [0.25, 0.3) is 6.47 Å². The molecule has 0 atom stereocenters. The molecule has 23 heavy (non-hydrogen) atoms. The van der Waals surface area contributed by atoms with E-state index in [9.17, 15) is 0 Å². The zero-order chi connectivity index (χ0) is 17.0. The van der Waals surface area contributed by atoms with Gasteiger partial charge in [0.2, 0.25) is 0 Å². The van der Waals surface area contributed by atoms with E-state index in [0.29, 0.717) is 5.41 Å². The Labute approximate surface area is 148 Å². The largest absolute Gasteiger partial charge is 0.483 e. The maximum absolute atomic E-state index is 8.36. The number of carbonyl (C=O) groups is 1. The molecule has 0 spiro atoms. The number of thiol groups is 1. The van der Waals surface area contributed by atoms with E-state index in [1.165, 1.54) is 40.8 Å². The lowest BCUT2D eigenvalue weighted by atomic mass is 9.76. The number of aryl methyl sites for hydroxylation is 1. The summed E-state index contributed by atoms with van der Waals surface area (Å²) < 4.78 is 0. The number of thiophene rings is 1. The molecule has 1 aliphatic rings. The van der Waals surface area contributed by atoms with Crippen LogP contribution < -0.4 is 0 Å². The molecule has 0 bridgehead atoms. The van der Waals surface area contributed by atoms with Crippen LogP contribution in [0, 0.1) is 12.3 Å². The first kappa shape index (κ1) is 18.1. The van der Waals surface area contributed by atoms with Gasteiger partial charge < -0.3 is 5.11 Å². The Morgan fingerprint density at radius 3 is 2.48 bits per heavy atom. The van der Waals surface area contributed by atoms with E-state index in [0.717, 1.165) is 5.75 Å². The highest BCUT2D eigenvalue weighted by molar-refractivity contribution is 7.79. The van der Waals surface area contributed by atoms with Gasteiger partial charge in [0.1, 0.15) is 0 Å². The maximum atomic E-state index is 8.36. The second-order valence-corrected chi connectivity index (χ2v) is 8.18. The van der Waals surface area contributed by atoms with E-state index in [1.54, 1.807) is 10.4 Å². The second kappa shape index (κ2) is 7.54. The number of fused-ring (bicyclic) bond motifs is 1. The number of hydrogen-bond acceptors (Lipinski definition) is 3. The van der Waals surface area contributed by atoms with Crippen LogP contribution in [-0.2, 0) is 23.4 Å². The molecule has 0 saturated carbocycles. The summed E-state index contributed by atoms with van der Waals surface area (Å²) in [6.07, 6.45) is 3.81. The molecule has 0 radical (unpaired) electrons. The number of benzene rings is 1. The average Bonchev–Trinajstić information content (AvgIpc) is 2.84. The van der Waals surface area contributed by atoms with Gasteiger partial charge in [0.15, 0.2) is 0 Å². The van der Waals surface area contributed by atoms with Crippen LogP contribution in [-0.4, -0.2) is 11.6 Å². The van der Waals surface area contributed by atoms with Crippen LogP contribution in [0.2, 0.25) is 0 Å². The first-order valence-corrected chi connectivity index (χ1v) is 9.26. The third-order valence-electron chi connectivity index (χ3n) is 4.44. The molecule has 2 aromatic rings. The fourth-order valence-electron chi connectivity index (χ4n) is 3.10. The molecular formula is C19H24O2S2. The fourth-order valence-corrected chi connectivity index (χ4v) is 4.64. The van der Waals surface area contributed by atoms with Gasteiger partial charge in [0.05, 0.1) is 0 Å². The van der Waals surface area contributed by atoms with E-state index in [1.807, 2.05) is 11.3 Å². The van der Waals surface area contributed by atoms with Crippen molar-refractivity contribution in [3.05, 3.63) is 45.8 Å². The molecule has 0 aliphatic heterocycles. The highest BCUT2D eigenvalue weighted by Crippen LogP contribution is 2.44. The molecule has 2 nitrogen and oxygen atoms in total. The first-order valence-electron chi connectivity index (χ1n) is 7.81. The Morgan fingerprint density at radius 1 is 1.30 bits per heavy atom. The van der Waals surface area contributed by atoms with Crippen LogP contribution in [0.1, 0.15) is 41.8 Å². The van der Waals surface area contributed by atoms with E-state index in [-0.39, 0.29) is 6.47 Å². The topological polar surface area (TPSA) is 37.3 Å². The zero-order valence-electron chi connectivity index (χ0n) is 13.9. The number of rotatable bonds is 2. The van der Waals surface area contributed by atoms with Crippen molar-refractivity contribution >= 4 is 30.4 Å². The van der Waals surface area contributed by atoms with Crippen molar-refractivity contribution in [2.24, 2.45) is 5.41 Å². The lowest BCUT2D eigenvalue weighted by Gasteiger charge is -2.29. The number of carboxylic acid groups (broad SMARTS) is 1. The van der Waals surface area contributed by atoms with Gasteiger partial charge in [-0.25, -0.2) is 0 Å². The van der Waals surface area contributed by atoms with Crippen LogP contribution in [0.3, 0.4) is 0 Å². The summed E-state index contributed by atoms with van der Waals surface area (Å²) in [5.41, 5.74) is 6.25. The Hall–Kier alpha value is -1.26. The standard InChI is InChI=1S/C18H22S2.CH2O2/c1-12-15-10-18(2,3)9-8-16(15)20-17(12)14-6-4-13(11-19)5-7-14;2-1-3/h4-7,19H,8-11H2,1-3H3;1H,(H,2,3). The molecule has 1 aromatic carbocycles. The Balaban J connectivity index is 0.000000595. The molecule has 1 aliphatic carbocycles. The van der Waals surface area contributed by atoms with Gasteiger partial charge in [-0.3, -0.25) is 4.79 Å². The van der Waals surface area contributed by atoms with E-state index < -0.39 is 0 Å². The van der Waals surface area contributed by atoms with Crippen molar-refractivity contribution in [3.8, 4) is 10.4 Å². The molecule has 0 amide bonds. The second-order valence-electron chi connectivity index (χ2n) is 6.76. The monoisotopic (exact) mass is 348 g/mol. The summed E-state index contributed by atoms with van der Waals surface area (Å²) in [6.45, 7) is 6.85. The summed E-state index contributed by atoms with van der Waals surface area (Å²) in [6, 6.07) is 8.90. The van der Waals surface area contributed by atoms with Crippen LogP contribution in [0.4, 0.5) is 0 Å². The Bertz CT molecular complexity index is 669. The van der Waals surface area contributed by atoms with E-state index in [2.05, 4.69) is 57.7 Å². The van der Waals surface area contributed by atoms with Gasteiger partial charge >= 0.3 is 0 Å². The van der Waals surface area contributed by atoms with Gasteiger partial charge in [-0.15, -0.1) is 11.3 Å². The summed E-state index contributed by atoms with van der Waals surface area (Å²) in [4.78, 5) is 11.5. The molecule has 1 N–H and O–H groups in total. The van der Waals surface area contributed by atoms with Crippen molar-refractivity contribution < 1.29 is 9.90 Å². The van der Waals surface area contributed by atoms with Gasteiger partial charge in [-0.05, 0) is 53.9 Å². The van der Waals surface area contributed by atoms with E-state index in [4.69, 9.17) is 9.90 Å². The van der Waals surface area contributed by atoms with Gasteiger partial charge in [-0.2, -0.15) is 12.6 Å². The summed E-state index contributed by atoms with van der Waals surface area (Å²) in [5.74, 6) is 0.814. The predicted molar refractivity (Wildman–Crippen MR) is 102 cm³/mol. The van der Waals surface area contributed by atoms with Crippen LogP contribution in [0.15, 0.2) is 24.3 Å². The molecule has 0 fully saturated rings. The molecule has 124 valence electrons. The first-order chi connectivity index (χ1) is 10.9. The molecule has 1 heterocycles. The Morgan fingerprint density at radius 2 is 1.91 bits per heavy atom. The fraction of sp³-hybridized carbons (Fsp3) is 0.421. The normalized spacial score (nSPS) is 15.3. The van der Waals surface area contributed by atoms with Crippen molar-refractivity contribution in [2.45, 2.75) is 45.8 Å². The summed E-state index contributed by atoms with van der Waals surface area (Å²) in [5, 5.41) is 6.89.